The number of halogens is 2. The van der Waals surface area contributed by atoms with Crippen molar-refractivity contribution in [2.75, 3.05) is 6.54 Å². The molecule has 3 amide bonds. The van der Waals surface area contributed by atoms with Crippen LogP contribution in [0, 0.1) is 22.0 Å². The molecule has 11 heteroatoms. The number of benzene rings is 2. The highest BCUT2D eigenvalue weighted by Gasteiger charge is 2.54. The van der Waals surface area contributed by atoms with Gasteiger partial charge < -0.3 is 0 Å². The van der Waals surface area contributed by atoms with Gasteiger partial charge in [-0.15, -0.1) is 0 Å². The summed E-state index contributed by atoms with van der Waals surface area (Å²) >= 11 is 7.05. The fourth-order valence-electron chi connectivity index (χ4n) is 4.30. The van der Waals surface area contributed by atoms with Crippen LogP contribution in [0.3, 0.4) is 0 Å². The van der Waals surface area contributed by atoms with Gasteiger partial charge in [0.1, 0.15) is 6.54 Å². The normalized spacial score (nSPS) is 24.0. The number of carbonyl (C=O) groups excluding carboxylic acids is 4. The molecular formula is C23H19Br2N3O6. The summed E-state index contributed by atoms with van der Waals surface area (Å²) in [7, 11) is 0. The van der Waals surface area contributed by atoms with Crippen LogP contribution in [0.2, 0.25) is 0 Å². The van der Waals surface area contributed by atoms with Crippen LogP contribution in [0.15, 0.2) is 54.6 Å². The van der Waals surface area contributed by atoms with Crippen LogP contribution in [-0.4, -0.2) is 54.6 Å². The van der Waals surface area contributed by atoms with Crippen LogP contribution in [0.5, 0.6) is 0 Å². The predicted molar refractivity (Wildman–Crippen MR) is 128 cm³/mol. The summed E-state index contributed by atoms with van der Waals surface area (Å²) in [6, 6.07) is 13.1. The molecule has 9 nitrogen and oxygen atoms in total. The Balaban J connectivity index is 1.72. The number of alkyl halides is 2. The number of hydrogen-bond acceptors (Lipinski definition) is 6. The largest absolute Gasteiger partial charge is 0.292 e. The molecule has 1 saturated carbocycles. The van der Waals surface area contributed by atoms with Gasteiger partial charge in [-0.25, -0.2) is 5.01 Å². The van der Waals surface area contributed by atoms with E-state index in [1.54, 1.807) is 30.3 Å². The number of hydrazine groups is 1. The van der Waals surface area contributed by atoms with E-state index < -0.39 is 46.8 Å². The van der Waals surface area contributed by atoms with Gasteiger partial charge in [0, 0.05) is 32.9 Å². The van der Waals surface area contributed by atoms with Crippen molar-refractivity contribution >= 4 is 61.1 Å². The molecule has 1 saturated heterocycles. The third kappa shape index (κ3) is 4.54. The van der Waals surface area contributed by atoms with E-state index >= 15 is 0 Å². The van der Waals surface area contributed by atoms with Crippen molar-refractivity contribution in [3.8, 4) is 0 Å². The SMILES string of the molecule is O=C(CN(C(=O)c1cccc([N+](=O)[O-])c1)N1C(=O)[C@@H]2C[C@@H](Br)[C@@H](Br)C[C@H]2C1=O)c1ccccc1. The number of hydrogen-bond donors (Lipinski definition) is 0. The standard InChI is InChI=1S/C23H19Br2N3O6/c24-18-10-16-17(11-19(18)25)23(32)27(22(16)31)26(12-20(29)13-5-2-1-3-6-13)21(30)14-7-4-8-15(9-14)28(33)34/h1-9,16-19H,10-12H2/t16-,17-,18-,19+/m1/s1. The quantitative estimate of drug-likeness (QED) is 0.166. The molecule has 0 bridgehead atoms. The lowest BCUT2D eigenvalue weighted by Gasteiger charge is -2.30. The third-order valence-electron chi connectivity index (χ3n) is 6.06. The first kappa shape index (κ1) is 24.2. The molecule has 4 atom stereocenters. The molecule has 4 rings (SSSR count). The van der Waals surface area contributed by atoms with Crippen LogP contribution in [0.4, 0.5) is 5.69 Å². The molecule has 1 aliphatic heterocycles. The summed E-state index contributed by atoms with van der Waals surface area (Å²) in [5.74, 6) is -3.70. The Morgan fingerprint density at radius 1 is 0.941 bits per heavy atom. The lowest BCUT2D eigenvalue weighted by Crippen LogP contribution is -2.52. The zero-order valence-electron chi connectivity index (χ0n) is 17.7. The van der Waals surface area contributed by atoms with E-state index in [-0.39, 0.29) is 20.9 Å². The second-order valence-corrected chi connectivity index (χ2v) is 10.5. The fraction of sp³-hybridized carbons (Fsp3) is 0.304. The lowest BCUT2D eigenvalue weighted by molar-refractivity contribution is -0.384. The Hall–Kier alpha value is -2.92. The number of amides is 3. The minimum Gasteiger partial charge on any atom is -0.292 e. The minimum atomic E-state index is -0.848. The molecule has 1 aliphatic carbocycles. The Morgan fingerprint density at radius 2 is 1.50 bits per heavy atom. The number of Topliss-reactive ketones (excluding diaryl/α,β-unsaturated/α-hetero) is 1. The van der Waals surface area contributed by atoms with Crippen molar-refractivity contribution in [1.82, 2.24) is 10.0 Å². The van der Waals surface area contributed by atoms with Gasteiger partial charge in [-0.3, -0.25) is 29.3 Å². The van der Waals surface area contributed by atoms with Crippen molar-refractivity contribution < 1.29 is 24.1 Å². The van der Waals surface area contributed by atoms with Crippen LogP contribution in [0.25, 0.3) is 0 Å². The van der Waals surface area contributed by atoms with Crippen LogP contribution >= 0.6 is 31.9 Å². The van der Waals surface area contributed by atoms with E-state index in [0.29, 0.717) is 18.4 Å². The van der Waals surface area contributed by atoms with Crippen LogP contribution < -0.4 is 0 Å². The van der Waals surface area contributed by atoms with Crippen molar-refractivity contribution in [1.29, 1.82) is 0 Å². The summed E-state index contributed by atoms with van der Waals surface area (Å²) in [4.78, 5) is 63.6. The Kier molecular flexibility index (Phi) is 6.94. The maximum Gasteiger partial charge on any atom is 0.273 e. The third-order valence-corrected chi connectivity index (χ3v) is 8.79. The smallest absolute Gasteiger partial charge is 0.273 e. The number of rotatable bonds is 6. The highest BCUT2D eigenvalue weighted by molar-refractivity contribution is 9.12. The number of carbonyl (C=O) groups is 4. The van der Waals surface area contributed by atoms with Gasteiger partial charge in [0.15, 0.2) is 5.78 Å². The van der Waals surface area contributed by atoms with Gasteiger partial charge in [0.05, 0.1) is 16.8 Å². The first-order valence-corrected chi connectivity index (χ1v) is 12.3. The summed E-state index contributed by atoms with van der Waals surface area (Å²) in [6.45, 7) is -0.571. The molecule has 1 heterocycles. The lowest BCUT2D eigenvalue weighted by atomic mass is 9.81. The maximum absolute atomic E-state index is 13.5. The average molecular weight is 593 g/mol. The number of fused-ring (bicyclic) bond motifs is 1. The van der Waals surface area contributed by atoms with Crippen molar-refractivity contribution in [2.45, 2.75) is 22.5 Å². The average Bonchev–Trinajstić information content (AvgIpc) is 3.07. The van der Waals surface area contributed by atoms with Gasteiger partial charge in [0.2, 0.25) is 0 Å². The number of non-ortho nitro benzene ring substituents is 1. The molecule has 2 aliphatic rings. The van der Waals surface area contributed by atoms with E-state index in [2.05, 4.69) is 31.9 Å². The zero-order chi connectivity index (χ0) is 24.6. The Bertz CT molecular complexity index is 1150. The molecule has 176 valence electrons. The Morgan fingerprint density at radius 3 is 2.06 bits per heavy atom. The van der Waals surface area contributed by atoms with E-state index in [9.17, 15) is 29.3 Å². The van der Waals surface area contributed by atoms with Crippen LogP contribution in [0.1, 0.15) is 33.6 Å². The second-order valence-electron chi connectivity index (χ2n) is 8.16. The monoisotopic (exact) mass is 591 g/mol. The molecule has 0 aromatic heterocycles. The summed E-state index contributed by atoms with van der Waals surface area (Å²) < 4.78 is 0. The highest BCUT2D eigenvalue weighted by Crippen LogP contribution is 2.43. The number of ketones is 1. The summed E-state index contributed by atoms with van der Waals surface area (Å²) in [5, 5.41) is 12.8. The molecule has 0 spiro atoms. The predicted octanol–water partition coefficient (Wildman–Crippen LogP) is 3.76. The number of nitro groups is 1. The molecule has 2 aromatic rings. The van der Waals surface area contributed by atoms with Crippen molar-refractivity contribution in [3.63, 3.8) is 0 Å². The number of nitro benzene ring substituents is 1. The molecule has 2 fully saturated rings. The minimum absolute atomic E-state index is 0.0303. The summed E-state index contributed by atoms with van der Waals surface area (Å²) in [5.41, 5.74) is -0.128. The molecule has 0 radical (unpaired) electrons. The summed E-state index contributed by atoms with van der Waals surface area (Å²) in [6.07, 6.45) is 0.792. The van der Waals surface area contributed by atoms with Gasteiger partial charge in [-0.1, -0.05) is 68.3 Å². The van der Waals surface area contributed by atoms with Crippen molar-refractivity contribution in [2.24, 2.45) is 11.8 Å². The van der Waals surface area contributed by atoms with Gasteiger partial charge in [-0.2, -0.15) is 5.01 Å². The van der Waals surface area contributed by atoms with E-state index in [1.165, 1.54) is 18.2 Å². The Labute approximate surface area is 211 Å². The van der Waals surface area contributed by atoms with E-state index in [4.69, 9.17) is 0 Å². The number of nitrogens with zero attached hydrogens (tertiary/aromatic N) is 3. The molecular weight excluding hydrogens is 574 g/mol. The first-order valence-electron chi connectivity index (χ1n) is 10.5. The van der Waals surface area contributed by atoms with Gasteiger partial charge in [0.25, 0.3) is 23.4 Å². The zero-order valence-corrected chi connectivity index (χ0v) is 20.8. The van der Waals surface area contributed by atoms with Gasteiger partial charge >= 0.3 is 0 Å². The number of imide groups is 1. The van der Waals surface area contributed by atoms with E-state index in [1.807, 2.05) is 0 Å². The molecule has 0 N–H and O–H groups in total. The van der Waals surface area contributed by atoms with Gasteiger partial charge in [-0.05, 0) is 18.9 Å². The highest BCUT2D eigenvalue weighted by atomic mass is 79.9. The van der Waals surface area contributed by atoms with E-state index in [0.717, 1.165) is 16.1 Å². The fourth-order valence-corrected chi connectivity index (χ4v) is 5.54. The molecule has 0 unspecified atom stereocenters. The molecule has 2 aromatic carbocycles. The topological polar surface area (TPSA) is 118 Å². The van der Waals surface area contributed by atoms with Crippen molar-refractivity contribution in [3.05, 3.63) is 75.8 Å². The first-order chi connectivity index (χ1) is 16.2. The van der Waals surface area contributed by atoms with Crippen LogP contribution in [-0.2, 0) is 9.59 Å². The second kappa shape index (κ2) is 9.75. The maximum atomic E-state index is 13.5. The molecule has 34 heavy (non-hydrogen) atoms.